The van der Waals surface area contributed by atoms with Gasteiger partial charge in [-0.1, -0.05) is 24.9 Å². The molecule has 2 aromatic heterocycles. The van der Waals surface area contributed by atoms with Crippen LogP contribution < -0.4 is 10.1 Å². The first-order chi connectivity index (χ1) is 14.5. The van der Waals surface area contributed by atoms with Crippen molar-refractivity contribution in [3.05, 3.63) is 64.7 Å². The molecule has 2 heterocycles. The first-order valence-electron chi connectivity index (χ1n) is 9.75. The summed E-state index contributed by atoms with van der Waals surface area (Å²) in [6.45, 7) is 6.64. The standard InChI is InChI=1S/C22H24ClN5O2/c1-4-5-13-28-21(23)18(16(3)27-28)8-10-20(29)26-19-9-7-17(14-15(19)2)30-22-24-11-6-12-25-22/h6-12,14H,4-5,13H2,1-3H3,(H,26,29)/b10-8+. The molecule has 0 fully saturated rings. The van der Waals surface area contributed by atoms with Crippen molar-refractivity contribution in [1.29, 1.82) is 0 Å². The highest BCUT2D eigenvalue weighted by atomic mass is 35.5. The summed E-state index contributed by atoms with van der Waals surface area (Å²) in [5.74, 6) is 0.337. The fourth-order valence-corrected chi connectivity index (χ4v) is 3.15. The fourth-order valence-electron chi connectivity index (χ4n) is 2.83. The van der Waals surface area contributed by atoms with E-state index >= 15 is 0 Å². The Morgan fingerprint density at radius 2 is 2.03 bits per heavy atom. The first-order valence-corrected chi connectivity index (χ1v) is 10.1. The number of nitrogens with one attached hydrogen (secondary N) is 1. The molecule has 7 nitrogen and oxygen atoms in total. The molecule has 0 atom stereocenters. The second-order valence-electron chi connectivity index (χ2n) is 6.80. The largest absolute Gasteiger partial charge is 0.424 e. The number of anilines is 1. The van der Waals surface area contributed by atoms with E-state index in [2.05, 4.69) is 27.3 Å². The zero-order chi connectivity index (χ0) is 21.5. The van der Waals surface area contributed by atoms with Gasteiger partial charge in [0, 0.05) is 36.3 Å². The van der Waals surface area contributed by atoms with Gasteiger partial charge >= 0.3 is 6.01 Å². The summed E-state index contributed by atoms with van der Waals surface area (Å²) in [6.07, 6.45) is 8.43. The zero-order valence-corrected chi connectivity index (χ0v) is 18.0. The fraction of sp³-hybridized carbons (Fsp3) is 0.273. The van der Waals surface area contributed by atoms with E-state index in [9.17, 15) is 4.79 Å². The quantitative estimate of drug-likeness (QED) is 0.502. The lowest BCUT2D eigenvalue weighted by molar-refractivity contribution is -0.111. The van der Waals surface area contributed by atoms with E-state index in [1.54, 1.807) is 41.4 Å². The van der Waals surface area contributed by atoms with Gasteiger partial charge in [0.1, 0.15) is 10.9 Å². The van der Waals surface area contributed by atoms with E-state index in [-0.39, 0.29) is 11.9 Å². The number of ether oxygens (including phenoxy) is 1. The molecule has 0 aliphatic carbocycles. The molecule has 30 heavy (non-hydrogen) atoms. The van der Waals surface area contributed by atoms with E-state index in [0.29, 0.717) is 16.6 Å². The molecule has 1 aromatic carbocycles. The Morgan fingerprint density at radius 3 is 2.73 bits per heavy atom. The highest BCUT2D eigenvalue weighted by Crippen LogP contribution is 2.25. The second-order valence-corrected chi connectivity index (χ2v) is 7.16. The van der Waals surface area contributed by atoms with Crippen molar-refractivity contribution in [3.63, 3.8) is 0 Å². The van der Waals surface area contributed by atoms with Crippen LogP contribution in [0.2, 0.25) is 5.15 Å². The van der Waals surface area contributed by atoms with Gasteiger partial charge < -0.3 is 10.1 Å². The molecule has 0 bridgehead atoms. The van der Waals surface area contributed by atoms with Gasteiger partial charge in [0.2, 0.25) is 5.91 Å². The van der Waals surface area contributed by atoms with Crippen LogP contribution in [-0.4, -0.2) is 25.7 Å². The third-order valence-electron chi connectivity index (χ3n) is 4.44. The summed E-state index contributed by atoms with van der Waals surface area (Å²) in [4.78, 5) is 20.5. The van der Waals surface area contributed by atoms with Gasteiger partial charge in [0.25, 0.3) is 0 Å². The second kappa shape index (κ2) is 10.0. The summed E-state index contributed by atoms with van der Waals surface area (Å²) in [7, 11) is 0. The number of benzene rings is 1. The van der Waals surface area contributed by atoms with Crippen LogP contribution in [0, 0.1) is 13.8 Å². The van der Waals surface area contributed by atoms with Crippen LogP contribution in [0.5, 0.6) is 11.8 Å². The third kappa shape index (κ3) is 5.45. The van der Waals surface area contributed by atoms with Crippen LogP contribution in [0.1, 0.15) is 36.6 Å². The van der Waals surface area contributed by atoms with Gasteiger partial charge in [-0.2, -0.15) is 5.10 Å². The molecule has 1 amide bonds. The highest BCUT2D eigenvalue weighted by molar-refractivity contribution is 6.31. The van der Waals surface area contributed by atoms with Crippen LogP contribution in [-0.2, 0) is 11.3 Å². The van der Waals surface area contributed by atoms with Crippen molar-refractivity contribution < 1.29 is 9.53 Å². The molecule has 3 aromatic rings. The number of hydrogen-bond acceptors (Lipinski definition) is 5. The number of carbonyl (C=O) groups excluding carboxylic acids is 1. The predicted molar refractivity (Wildman–Crippen MR) is 118 cm³/mol. The van der Waals surface area contributed by atoms with Crippen LogP contribution >= 0.6 is 11.6 Å². The van der Waals surface area contributed by atoms with Gasteiger partial charge in [0.05, 0.1) is 5.69 Å². The van der Waals surface area contributed by atoms with Crippen molar-refractivity contribution in [2.24, 2.45) is 0 Å². The van der Waals surface area contributed by atoms with Crippen LogP contribution in [0.15, 0.2) is 42.7 Å². The maximum atomic E-state index is 12.4. The van der Waals surface area contributed by atoms with E-state index < -0.39 is 0 Å². The Hall–Kier alpha value is -3.19. The van der Waals surface area contributed by atoms with Crippen molar-refractivity contribution in [2.75, 3.05) is 5.32 Å². The monoisotopic (exact) mass is 425 g/mol. The van der Waals surface area contributed by atoms with Crippen molar-refractivity contribution in [2.45, 2.75) is 40.2 Å². The maximum absolute atomic E-state index is 12.4. The van der Waals surface area contributed by atoms with E-state index in [1.807, 2.05) is 19.9 Å². The number of halogens is 1. The van der Waals surface area contributed by atoms with Crippen molar-refractivity contribution >= 4 is 29.3 Å². The minimum absolute atomic E-state index is 0.255. The van der Waals surface area contributed by atoms with Crippen molar-refractivity contribution in [1.82, 2.24) is 19.7 Å². The summed E-state index contributed by atoms with van der Waals surface area (Å²) >= 11 is 6.41. The molecule has 0 aliphatic rings. The van der Waals surface area contributed by atoms with Crippen LogP contribution in [0.25, 0.3) is 6.08 Å². The number of rotatable bonds is 8. The normalized spacial score (nSPS) is 11.1. The zero-order valence-electron chi connectivity index (χ0n) is 17.2. The molecule has 0 spiro atoms. The number of aryl methyl sites for hydroxylation is 3. The first kappa shape index (κ1) is 21.5. The lowest BCUT2D eigenvalue weighted by Gasteiger charge is -2.09. The number of hydrogen-bond donors (Lipinski definition) is 1. The Balaban J connectivity index is 1.65. The number of aromatic nitrogens is 4. The Kier molecular flexibility index (Phi) is 7.19. The molecule has 0 saturated carbocycles. The van der Waals surface area contributed by atoms with Crippen molar-refractivity contribution in [3.8, 4) is 11.8 Å². The van der Waals surface area contributed by atoms with E-state index in [4.69, 9.17) is 16.3 Å². The molecule has 1 N–H and O–H groups in total. The average Bonchev–Trinajstić information content (AvgIpc) is 3.00. The maximum Gasteiger partial charge on any atom is 0.321 e. The molecule has 0 unspecified atom stereocenters. The predicted octanol–water partition coefficient (Wildman–Crippen LogP) is 5.19. The van der Waals surface area contributed by atoms with Gasteiger partial charge in [-0.05, 0) is 56.2 Å². The van der Waals surface area contributed by atoms with Gasteiger partial charge in [-0.15, -0.1) is 0 Å². The van der Waals surface area contributed by atoms with Gasteiger partial charge in [-0.3, -0.25) is 9.48 Å². The summed E-state index contributed by atoms with van der Waals surface area (Å²) in [5, 5.41) is 7.86. The number of nitrogens with zero attached hydrogens (tertiary/aromatic N) is 4. The number of unbranched alkanes of at least 4 members (excludes halogenated alkanes) is 1. The smallest absolute Gasteiger partial charge is 0.321 e. The molecule has 8 heteroatoms. The lowest BCUT2D eigenvalue weighted by atomic mass is 10.2. The SMILES string of the molecule is CCCCn1nc(C)c(/C=C/C(=O)Nc2ccc(Oc3ncccn3)cc2C)c1Cl. The summed E-state index contributed by atoms with van der Waals surface area (Å²) in [6, 6.07) is 7.33. The van der Waals surface area contributed by atoms with Gasteiger partial charge in [0.15, 0.2) is 0 Å². The highest BCUT2D eigenvalue weighted by Gasteiger charge is 2.11. The third-order valence-corrected chi connectivity index (χ3v) is 4.84. The van der Waals surface area contributed by atoms with Crippen LogP contribution in [0.4, 0.5) is 5.69 Å². The minimum atomic E-state index is -0.255. The Bertz CT molecular complexity index is 1050. The molecule has 0 radical (unpaired) electrons. The molecular formula is C22H24ClN5O2. The average molecular weight is 426 g/mol. The minimum Gasteiger partial charge on any atom is -0.424 e. The van der Waals surface area contributed by atoms with E-state index in [0.717, 1.165) is 36.2 Å². The lowest BCUT2D eigenvalue weighted by Crippen LogP contribution is -2.09. The summed E-state index contributed by atoms with van der Waals surface area (Å²) < 4.78 is 7.38. The number of amides is 1. The molecule has 156 valence electrons. The van der Waals surface area contributed by atoms with Crippen LogP contribution in [0.3, 0.4) is 0 Å². The van der Waals surface area contributed by atoms with Gasteiger partial charge in [-0.25, -0.2) is 9.97 Å². The topological polar surface area (TPSA) is 81.9 Å². The molecule has 3 rings (SSSR count). The molecule has 0 aliphatic heterocycles. The Labute approximate surface area is 180 Å². The number of carbonyl (C=O) groups is 1. The molecular weight excluding hydrogens is 402 g/mol. The summed E-state index contributed by atoms with van der Waals surface area (Å²) in [5.41, 5.74) is 3.09. The molecule has 0 saturated heterocycles. The van der Waals surface area contributed by atoms with E-state index in [1.165, 1.54) is 6.08 Å². The Morgan fingerprint density at radius 1 is 1.27 bits per heavy atom.